The summed E-state index contributed by atoms with van der Waals surface area (Å²) in [6, 6.07) is 3.34. The highest BCUT2D eigenvalue weighted by Gasteiger charge is 2.15. The van der Waals surface area contributed by atoms with Crippen LogP contribution in [0.15, 0.2) is 18.2 Å². The molecule has 0 aliphatic rings. The number of amides is 1. The molecule has 0 aliphatic carbocycles. The first kappa shape index (κ1) is 17.7. The summed E-state index contributed by atoms with van der Waals surface area (Å²) < 4.78 is 15.3. The molecule has 0 bridgehead atoms. The third-order valence-electron chi connectivity index (χ3n) is 2.58. The molecule has 0 radical (unpaired) electrons. The van der Waals surface area contributed by atoms with Gasteiger partial charge in [0.15, 0.2) is 11.5 Å². The molecule has 0 spiro atoms. The minimum absolute atomic E-state index is 0.0472. The van der Waals surface area contributed by atoms with Gasteiger partial charge >= 0.3 is 6.09 Å². The maximum Gasteiger partial charge on any atom is 0.407 e. The van der Waals surface area contributed by atoms with Crippen LogP contribution < -0.4 is 14.8 Å². The van der Waals surface area contributed by atoms with E-state index in [2.05, 4.69) is 5.32 Å². The summed E-state index contributed by atoms with van der Waals surface area (Å²) in [4.78, 5) is 11.5. The predicted octanol–water partition coefficient (Wildman–Crippen LogP) is 2.95. The van der Waals surface area contributed by atoms with Gasteiger partial charge in [0.1, 0.15) is 5.60 Å². The second-order valence-corrected chi connectivity index (χ2v) is 5.56. The molecule has 1 aromatic carbocycles. The topological polar surface area (TPSA) is 77.0 Å². The minimum Gasteiger partial charge on any atom is -0.502 e. The van der Waals surface area contributed by atoms with Crippen molar-refractivity contribution in [3.63, 3.8) is 0 Å². The van der Waals surface area contributed by atoms with Crippen LogP contribution in [0.2, 0.25) is 0 Å². The first-order valence-electron chi connectivity index (χ1n) is 6.85. The lowest BCUT2D eigenvalue weighted by molar-refractivity contribution is 0.0534. The molecule has 2 N–H and O–H groups in total. The fourth-order valence-corrected chi connectivity index (χ4v) is 1.66. The summed E-state index contributed by atoms with van der Waals surface area (Å²) in [6.45, 7) is 5.73. The number of alkyl carbamates (subject to hydrolysis) is 1. The van der Waals surface area contributed by atoms with E-state index in [1.807, 2.05) is 0 Å². The van der Waals surface area contributed by atoms with Gasteiger partial charge in [-0.2, -0.15) is 0 Å². The van der Waals surface area contributed by atoms with E-state index < -0.39 is 11.7 Å². The third-order valence-corrected chi connectivity index (χ3v) is 2.58. The number of hydrogen-bond donors (Lipinski definition) is 2. The van der Waals surface area contributed by atoms with Crippen LogP contribution in [0.4, 0.5) is 4.79 Å². The van der Waals surface area contributed by atoms with Gasteiger partial charge in [0, 0.05) is 6.54 Å². The van der Waals surface area contributed by atoms with Gasteiger partial charge in [-0.05, 0) is 38.5 Å². The molecule has 1 rings (SSSR count). The molecule has 0 unspecified atom stereocenters. The molecular formula is C16H23NO5. The number of benzene rings is 1. The van der Waals surface area contributed by atoms with Gasteiger partial charge in [-0.3, -0.25) is 0 Å². The Kier molecular flexibility index (Phi) is 6.10. The van der Waals surface area contributed by atoms with Crippen molar-refractivity contribution >= 4 is 12.2 Å². The van der Waals surface area contributed by atoms with Crippen molar-refractivity contribution in [1.29, 1.82) is 0 Å². The van der Waals surface area contributed by atoms with E-state index in [0.717, 1.165) is 5.56 Å². The maximum absolute atomic E-state index is 11.5. The second kappa shape index (κ2) is 7.59. The van der Waals surface area contributed by atoms with Crippen molar-refractivity contribution in [3.8, 4) is 17.2 Å². The van der Waals surface area contributed by atoms with Gasteiger partial charge in [-0.15, -0.1) is 0 Å². The van der Waals surface area contributed by atoms with Crippen LogP contribution >= 0.6 is 0 Å². The Hall–Kier alpha value is -2.37. The molecule has 0 atom stereocenters. The van der Waals surface area contributed by atoms with Crippen molar-refractivity contribution in [2.24, 2.45) is 0 Å². The number of phenols is 1. The average Bonchev–Trinajstić information content (AvgIpc) is 2.43. The van der Waals surface area contributed by atoms with Crippen LogP contribution in [0.3, 0.4) is 0 Å². The maximum atomic E-state index is 11.5. The number of carbonyl (C=O) groups is 1. The molecular weight excluding hydrogens is 286 g/mol. The Morgan fingerprint density at radius 1 is 1.23 bits per heavy atom. The molecule has 6 nitrogen and oxygen atoms in total. The number of ether oxygens (including phenoxy) is 3. The molecule has 1 aromatic rings. The van der Waals surface area contributed by atoms with E-state index in [1.165, 1.54) is 14.2 Å². The summed E-state index contributed by atoms with van der Waals surface area (Å²) in [5.41, 5.74) is 0.253. The number of carbonyl (C=O) groups excluding carboxylic acids is 1. The summed E-state index contributed by atoms with van der Waals surface area (Å²) in [5.74, 6) is 0.590. The Bertz CT molecular complexity index is 521. The zero-order valence-corrected chi connectivity index (χ0v) is 13.6. The molecule has 0 aromatic heterocycles. The molecule has 6 heteroatoms. The lowest BCUT2D eigenvalue weighted by Crippen LogP contribution is -2.32. The normalized spacial score (nSPS) is 11.3. The predicted molar refractivity (Wildman–Crippen MR) is 84.5 cm³/mol. The Labute approximate surface area is 130 Å². The van der Waals surface area contributed by atoms with Gasteiger partial charge in [-0.1, -0.05) is 12.2 Å². The van der Waals surface area contributed by atoms with E-state index in [9.17, 15) is 9.90 Å². The standard InChI is InChI=1S/C16H23NO5/c1-16(2,3)22-15(19)17-8-6-7-11-9-12(20-4)14(18)13(10-11)21-5/h6-7,9-10,18H,8H2,1-5H3,(H,17,19). The highest BCUT2D eigenvalue weighted by molar-refractivity contribution is 5.68. The van der Waals surface area contributed by atoms with Gasteiger partial charge in [-0.25, -0.2) is 4.79 Å². The SMILES string of the molecule is COc1cc(C=CCNC(=O)OC(C)(C)C)cc(OC)c1O. The summed E-state index contributed by atoms with van der Waals surface area (Å²) >= 11 is 0. The molecule has 0 aliphatic heterocycles. The first-order chi connectivity index (χ1) is 10.3. The molecule has 1 amide bonds. The molecule has 0 fully saturated rings. The highest BCUT2D eigenvalue weighted by Crippen LogP contribution is 2.37. The smallest absolute Gasteiger partial charge is 0.407 e. The van der Waals surface area contributed by atoms with Crippen LogP contribution in [-0.2, 0) is 4.74 Å². The fourth-order valence-electron chi connectivity index (χ4n) is 1.66. The minimum atomic E-state index is -0.522. The lowest BCUT2D eigenvalue weighted by Gasteiger charge is -2.19. The summed E-state index contributed by atoms with van der Waals surface area (Å²) in [5, 5.41) is 12.4. The Morgan fingerprint density at radius 2 is 1.77 bits per heavy atom. The van der Waals surface area contributed by atoms with Crippen LogP contribution in [-0.4, -0.2) is 37.6 Å². The number of nitrogens with one attached hydrogen (secondary N) is 1. The van der Waals surface area contributed by atoms with E-state index in [1.54, 1.807) is 45.1 Å². The van der Waals surface area contributed by atoms with E-state index in [-0.39, 0.29) is 5.75 Å². The largest absolute Gasteiger partial charge is 0.502 e. The van der Waals surface area contributed by atoms with Crippen LogP contribution in [0.5, 0.6) is 17.2 Å². The fraction of sp³-hybridized carbons (Fsp3) is 0.438. The monoisotopic (exact) mass is 309 g/mol. The van der Waals surface area contributed by atoms with Crippen molar-refractivity contribution in [3.05, 3.63) is 23.8 Å². The molecule has 0 saturated heterocycles. The third kappa shape index (κ3) is 5.55. The number of hydrogen-bond acceptors (Lipinski definition) is 5. The van der Waals surface area contributed by atoms with Crippen molar-refractivity contribution in [1.82, 2.24) is 5.32 Å². The molecule has 122 valence electrons. The number of aromatic hydroxyl groups is 1. The number of rotatable bonds is 5. The van der Waals surface area contributed by atoms with Gasteiger partial charge in [0.25, 0.3) is 0 Å². The van der Waals surface area contributed by atoms with E-state index in [4.69, 9.17) is 14.2 Å². The average molecular weight is 309 g/mol. The van der Waals surface area contributed by atoms with Crippen molar-refractivity contribution < 1.29 is 24.1 Å². The molecule has 0 saturated carbocycles. The number of methoxy groups -OCH3 is 2. The quantitative estimate of drug-likeness (QED) is 0.874. The van der Waals surface area contributed by atoms with Crippen LogP contribution in [0, 0.1) is 0 Å². The lowest BCUT2D eigenvalue weighted by atomic mass is 10.1. The van der Waals surface area contributed by atoms with Gasteiger partial charge < -0.3 is 24.6 Å². The second-order valence-electron chi connectivity index (χ2n) is 5.56. The van der Waals surface area contributed by atoms with Gasteiger partial charge in [0.2, 0.25) is 5.75 Å². The highest BCUT2D eigenvalue weighted by atomic mass is 16.6. The van der Waals surface area contributed by atoms with Crippen LogP contribution in [0.25, 0.3) is 6.08 Å². The summed E-state index contributed by atoms with van der Waals surface area (Å²) in [7, 11) is 2.93. The zero-order valence-electron chi connectivity index (χ0n) is 13.6. The van der Waals surface area contributed by atoms with E-state index in [0.29, 0.717) is 18.0 Å². The van der Waals surface area contributed by atoms with E-state index >= 15 is 0 Å². The molecule has 0 heterocycles. The zero-order chi connectivity index (χ0) is 16.8. The summed E-state index contributed by atoms with van der Waals surface area (Å²) in [6.07, 6.45) is 3.06. The van der Waals surface area contributed by atoms with Crippen molar-refractivity contribution in [2.45, 2.75) is 26.4 Å². The van der Waals surface area contributed by atoms with Crippen LogP contribution in [0.1, 0.15) is 26.3 Å². The van der Waals surface area contributed by atoms with Crippen molar-refractivity contribution in [2.75, 3.05) is 20.8 Å². The van der Waals surface area contributed by atoms with Gasteiger partial charge in [0.05, 0.1) is 14.2 Å². The molecule has 22 heavy (non-hydrogen) atoms. The first-order valence-corrected chi connectivity index (χ1v) is 6.85. The number of phenolic OH excluding ortho intramolecular Hbond substituents is 1. The Morgan fingerprint density at radius 3 is 2.23 bits per heavy atom. The Balaban J connectivity index is 2.65.